The number of amides is 4. The van der Waals surface area contributed by atoms with Gasteiger partial charge in [0.25, 0.3) is 11.8 Å². The molecule has 0 spiro atoms. The third kappa shape index (κ3) is 11.0. The molecule has 2 aromatic rings. The van der Waals surface area contributed by atoms with Gasteiger partial charge in [0.05, 0.1) is 18.9 Å². The van der Waals surface area contributed by atoms with Crippen molar-refractivity contribution in [2.45, 2.75) is 65.5 Å². The average Bonchev–Trinajstić information content (AvgIpc) is 3.60. The second-order valence-electron chi connectivity index (χ2n) is 12.3. The number of hydrogen-bond acceptors (Lipinski definition) is 6. The van der Waals surface area contributed by atoms with Gasteiger partial charge in [0.1, 0.15) is 24.1 Å². The van der Waals surface area contributed by atoms with Gasteiger partial charge in [0.15, 0.2) is 0 Å². The molecule has 0 saturated carbocycles. The maximum absolute atomic E-state index is 14.8. The number of carbonyl (C=O) groups excluding carboxylic acids is 4. The molecule has 2 N–H and O–H groups in total. The molecular formula is C35H46F3N5O5. The van der Waals surface area contributed by atoms with E-state index in [0.717, 1.165) is 18.2 Å². The quantitative estimate of drug-likeness (QED) is 0.138. The van der Waals surface area contributed by atoms with Crippen molar-refractivity contribution in [2.75, 3.05) is 33.4 Å². The summed E-state index contributed by atoms with van der Waals surface area (Å²) >= 11 is 0. The Morgan fingerprint density at radius 2 is 1.75 bits per heavy atom. The Morgan fingerprint density at radius 3 is 2.35 bits per heavy atom. The number of allylic oxidation sites excluding steroid dienone is 2. The number of nitrogens with zero attached hydrogens (tertiary/aromatic N) is 4. The predicted molar refractivity (Wildman–Crippen MR) is 177 cm³/mol. The monoisotopic (exact) mass is 673 g/mol. The summed E-state index contributed by atoms with van der Waals surface area (Å²) in [6.45, 7) is 13.7. The van der Waals surface area contributed by atoms with Crippen LogP contribution in [0.4, 0.5) is 13.2 Å². The molecule has 1 unspecified atom stereocenters. The Labute approximate surface area is 280 Å². The number of rotatable bonds is 17. The number of halogens is 3. The first-order valence-electron chi connectivity index (χ1n) is 15.7. The van der Waals surface area contributed by atoms with Gasteiger partial charge in [-0.2, -0.15) is 0 Å². The molecule has 10 nitrogen and oxygen atoms in total. The zero-order chi connectivity index (χ0) is 36.0. The molecule has 0 radical (unpaired) electrons. The molecule has 13 heteroatoms. The number of aliphatic hydroxyl groups excluding tert-OH is 1. The molecule has 262 valence electrons. The minimum Gasteiger partial charge on any atom is -0.387 e. The lowest BCUT2D eigenvalue weighted by molar-refractivity contribution is -0.140. The summed E-state index contributed by atoms with van der Waals surface area (Å²) in [5, 5.41) is 12.8. The normalized spacial score (nSPS) is 13.2. The maximum atomic E-state index is 14.8. The zero-order valence-corrected chi connectivity index (χ0v) is 28.1. The minimum absolute atomic E-state index is 0.0327. The van der Waals surface area contributed by atoms with Crippen LogP contribution in [0.2, 0.25) is 0 Å². The van der Waals surface area contributed by atoms with E-state index >= 15 is 0 Å². The lowest BCUT2D eigenvalue weighted by Gasteiger charge is -2.40. The highest BCUT2D eigenvalue weighted by atomic mass is 19.1. The topological polar surface area (TPSA) is 125 Å². The van der Waals surface area contributed by atoms with Crippen LogP contribution in [0.1, 0.15) is 64.7 Å². The van der Waals surface area contributed by atoms with Crippen molar-refractivity contribution in [3.63, 3.8) is 0 Å². The second kappa shape index (κ2) is 18.7. The second-order valence-corrected chi connectivity index (χ2v) is 12.3. The molecule has 0 saturated heterocycles. The van der Waals surface area contributed by atoms with Gasteiger partial charge in [-0.3, -0.25) is 28.5 Å². The molecular weight excluding hydrogens is 627 g/mol. The number of carbonyl (C=O) groups is 4. The molecule has 1 atom stereocenters. The summed E-state index contributed by atoms with van der Waals surface area (Å²) in [6.07, 6.45) is 8.15. The number of alkyl halides is 1. The summed E-state index contributed by atoms with van der Waals surface area (Å²) in [4.78, 5) is 56.2. The van der Waals surface area contributed by atoms with Crippen molar-refractivity contribution in [3.8, 4) is 11.3 Å². The highest BCUT2D eigenvalue weighted by Crippen LogP contribution is 2.39. The van der Waals surface area contributed by atoms with E-state index in [1.165, 1.54) is 22.0 Å². The number of aliphatic hydroxyl groups is 1. The van der Waals surface area contributed by atoms with Gasteiger partial charge < -0.3 is 19.9 Å². The van der Waals surface area contributed by atoms with E-state index in [0.29, 0.717) is 50.8 Å². The van der Waals surface area contributed by atoms with Crippen LogP contribution in [0.25, 0.3) is 11.3 Å². The fraction of sp³-hybridized carbons (Fsp3) is 0.457. The van der Waals surface area contributed by atoms with Crippen LogP contribution in [0.3, 0.4) is 0 Å². The number of aromatic nitrogens is 2. The third-order valence-electron chi connectivity index (χ3n) is 7.59. The maximum Gasteiger partial charge on any atom is 0.253 e. The molecule has 0 aliphatic carbocycles. The molecule has 1 aliphatic heterocycles. The van der Waals surface area contributed by atoms with Crippen molar-refractivity contribution < 1.29 is 37.5 Å². The van der Waals surface area contributed by atoms with Crippen LogP contribution < -0.4 is 5.32 Å². The van der Waals surface area contributed by atoms with Crippen molar-refractivity contribution in [2.24, 2.45) is 5.41 Å². The number of imide groups is 1. The largest absolute Gasteiger partial charge is 0.387 e. The Bertz CT molecular complexity index is 1480. The molecule has 48 heavy (non-hydrogen) atoms. The highest BCUT2D eigenvalue weighted by Gasteiger charge is 2.38. The Hall–Kier alpha value is -4.52. The molecule has 4 amide bonds. The number of nitrogens with one attached hydrogen (secondary N) is 1. The summed E-state index contributed by atoms with van der Waals surface area (Å²) in [6, 6.07) is 2.41. The molecule has 1 aliphatic rings. The van der Waals surface area contributed by atoms with Crippen LogP contribution >= 0.6 is 0 Å². The van der Waals surface area contributed by atoms with Gasteiger partial charge in [0, 0.05) is 56.5 Å². The van der Waals surface area contributed by atoms with Crippen LogP contribution in [0.15, 0.2) is 61.4 Å². The van der Waals surface area contributed by atoms with Crippen molar-refractivity contribution in [1.82, 2.24) is 24.7 Å². The fourth-order valence-corrected chi connectivity index (χ4v) is 5.31. The summed E-state index contributed by atoms with van der Waals surface area (Å²) in [7, 11) is 0.500. The number of imidazole rings is 1. The molecule has 3 rings (SSSR count). The SMILES string of the molecule is C=CC(=C)Cn1cc(-c2cc(F)ccc2F)nc1C(N(CCCNC(=O)CCCCCN1C(=O)C=CC1=O)C(=O)CO)C(C)(C)C.CF. The van der Waals surface area contributed by atoms with Gasteiger partial charge in [-0.1, -0.05) is 46.4 Å². The summed E-state index contributed by atoms with van der Waals surface area (Å²) < 4.78 is 40.1. The molecule has 1 aromatic carbocycles. The van der Waals surface area contributed by atoms with E-state index in [1.807, 2.05) is 20.8 Å². The Balaban J connectivity index is 0.00000392. The smallest absolute Gasteiger partial charge is 0.253 e. The summed E-state index contributed by atoms with van der Waals surface area (Å²) in [5.41, 5.74) is 0.159. The van der Waals surface area contributed by atoms with Crippen LogP contribution in [0, 0.1) is 17.0 Å². The zero-order valence-electron chi connectivity index (χ0n) is 28.1. The summed E-state index contributed by atoms with van der Waals surface area (Å²) in [5.74, 6) is -2.24. The van der Waals surface area contributed by atoms with Gasteiger partial charge in [-0.15, -0.1) is 0 Å². The first-order chi connectivity index (χ1) is 22.8. The van der Waals surface area contributed by atoms with E-state index < -0.39 is 35.6 Å². The number of unbranched alkanes of at least 4 members (excludes halogenated alkanes) is 2. The average molecular weight is 674 g/mol. The molecule has 1 aromatic heterocycles. The lowest BCUT2D eigenvalue weighted by Crippen LogP contribution is -2.45. The molecule has 2 heterocycles. The van der Waals surface area contributed by atoms with Crippen molar-refractivity contribution in [1.29, 1.82) is 0 Å². The van der Waals surface area contributed by atoms with Crippen LogP contribution in [0.5, 0.6) is 0 Å². The minimum atomic E-state index is -0.755. The number of benzene rings is 1. The predicted octanol–water partition coefficient (Wildman–Crippen LogP) is 5.06. The van der Waals surface area contributed by atoms with E-state index in [2.05, 4.69) is 18.5 Å². The van der Waals surface area contributed by atoms with E-state index in [4.69, 9.17) is 4.98 Å². The van der Waals surface area contributed by atoms with Gasteiger partial charge in [0.2, 0.25) is 11.8 Å². The van der Waals surface area contributed by atoms with Gasteiger partial charge >= 0.3 is 0 Å². The van der Waals surface area contributed by atoms with Crippen molar-refractivity contribution >= 4 is 23.6 Å². The molecule has 0 fully saturated rings. The van der Waals surface area contributed by atoms with Crippen LogP contribution in [-0.2, 0) is 25.7 Å². The standard InChI is InChI=1S/C34H43F2N5O5.CH3F/c1-6-23(2)20-39-21-27(25-19-24(35)12-13-26(25)36)38-33(39)32(34(3,4)5)41(31(46)22-42)18-10-16-37-28(43)11-8-7-9-17-40-29(44)14-15-30(40)45;1-2/h6,12-15,19,21,32,42H,1-2,7-11,16-18,20,22H2,3-5H3,(H,37,43);1H3. The van der Waals surface area contributed by atoms with Crippen LogP contribution in [-0.4, -0.2) is 81.5 Å². The first kappa shape index (κ1) is 39.7. The van der Waals surface area contributed by atoms with Gasteiger partial charge in [-0.05, 0) is 48.4 Å². The highest BCUT2D eigenvalue weighted by molar-refractivity contribution is 6.12. The molecule has 0 bridgehead atoms. The lowest BCUT2D eigenvalue weighted by atomic mass is 9.84. The third-order valence-corrected chi connectivity index (χ3v) is 7.59. The van der Waals surface area contributed by atoms with E-state index in [9.17, 15) is 37.5 Å². The van der Waals surface area contributed by atoms with Crippen molar-refractivity contribution in [3.05, 3.63) is 78.8 Å². The van der Waals surface area contributed by atoms with E-state index in [1.54, 1.807) is 16.8 Å². The number of hydrogen-bond donors (Lipinski definition) is 2. The van der Waals surface area contributed by atoms with Gasteiger partial charge in [-0.25, -0.2) is 13.8 Å². The van der Waals surface area contributed by atoms with E-state index in [-0.39, 0.29) is 55.0 Å². The Kier molecular flexibility index (Phi) is 15.5. The first-order valence-corrected chi connectivity index (χ1v) is 15.7. The Morgan fingerprint density at radius 1 is 1.08 bits per heavy atom. The fourth-order valence-electron chi connectivity index (χ4n) is 5.31.